The monoisotopic (exact) mass is 503 g/mol. The smallest absolute Gasteiger partial charge is 0.270 e. The molecule has 1 saturated heterocycles. The van der Waals surface area contributed by atoms with Crippen LogP contribution in [0.2, 0.25) is 0 Å². The Hall–Kier alpha value is -4.46. The molecule has 0 bridgehead atoms. The van der Waals surface area contributed by atoms with Crippen LogP contribution in [0.1, 0.15) is 16.1 Å². The van der Waals surface area contributed by atoms with Crippen LogP contribution in [0.3, 0.4) is 0 Å². The number of likely N-dealkylation sites (N-methyl/N-ethyl adjacent to an activating group) is 1. The zero-order valence-corrected chi connectivity index (χ0v) is 19.7. The third-order valence-corrected chi connectivity index (χ3v) is 5.78. The zero-order valence-electron chi connectivity index (χ0n) is 19.7. The van der Waals surface area contributed by atoms with Gasteiger partial charge in [0.2, 0.25) is 0 Å². The van der Waals surface area contributed by atoms with Gasteiger partial charge in [-0.25, -0.2) is 4.39 Å². The van der Waals surface area contributed by atoms with Crippen LogP contribution in [-0.4, -0.2) is 60.4 Å². The number of hydrogen-bond acceptors (Lipinski definition) is 7. The highest BCUT2D eigenvalue weighted by Crippen LogP contribution is 2.32. The first-order valence-corrected chi connectivity index (χ1v) is 11.4. The van der Waals surface area contributed by atoms with E-state index in [1.165, 1.54) is 41.4 Å². The third kappa shape index (κ3) is 5.38. The minimum absolute atomic E-state index is 0.0154. The number of halogens is 1. The second-order valence-electron chi connectivity index (χ2n) is 8.63. The number of ether oxygens (including phenoxy) is 3. The number of hydrogen-bond donors (Lipinski definition) is 2. The van der Waals surface area contributed by atoms with Gasteiger partial charge in [-0.1, -0.05) is 17.9 Å². The molecule has 1 atom stereocenters. The first-order valence-electron chi connectivity index (χ1n) is 11.4. The second-order valence-corrected chi connectivity index (χ2v) is 8.63. The molecule has 5 rings (SSSR count). The molecule has 188 valence electrons. The van der Waals surface area contributed by atoms with Crippen molar-refractivity contribution in [2.45, 2.75) is 11.6 Å². The SMILES string of the molecule is CN1C(=O)[C@H](NC(=O)c2cc(Oc3cccc(F)c3)ccn2)COc2ccc(C#CC3(O)COC3)cc21. The molecule has 0 saturated carbocycles. The molecule has 3 heterocycles. The van der Waals surface area contributed by atoms with Crippen LogP contribution in [0.5, 0.6) is 17.2 Å². The maximum atomic E-state index is 13.4. The minimum atomic E-state index is -1.16. The average Bonchev–Trinajstić information content (AvgIpc) is 2.98. The Bertz CT molecular complexity index is 1430. The summed E-state index contributed by atoms with van der Waals surface area (Å²) < 4.78 is 29.8. The van der Waals surface area contributed by atoms with E-state index in [0.717, 1.165) is 0 Å². The summed E-state index contributed by atoms with van der Waals surface area (Å²) in [7, 11) is 1.57. The van der Waals surface area contributed by atoms with Gasteiger partial charge < -0.3 is 29.5 Å². The molecule has 2 amide bonds. The van der Waals surface area contributed by atoms with Gasteiger partial charge >= 0.3 is 0 Å². The van der Waals surface area contributed by atoms with Crippen LogP contribution in [0.15, 0.2) is 60.8 Å². The summed E-state index contributed by atoms with van der Waals surface area (Å²) in [6.07, 6.45) is 1.38. The molecule has 1 aromatic heterocycles. The molecule has 10 heteroatoms. The summed E-state index contributed by atoms with van der Waals surface area (Å²) in [6, 6.07) is 12.6. The van der Waals surface area contributed by atoms with E-state index in [4.69, 9.17) is 14.2 Å². The van der Waals surface area contributed by atoms with Gasteiger partial charge in [-0.2, -0.15) is 0 Å². The fourth-order valence-electron chi connectivity index (χ4n) is 3.73. The molecule has 2 aromatic carbocycles. The number of aromatic nitrogens is 1. The maximum Gasteiger partial charge on any atom is 0.270 e. The van der Waals surface area contributed by atoms with E-state index in [1.54, 1.807) is 31.3 Å². The molecule has 2 aliphatic heterocycles. The summed E-state index contributed by atoms with van der Waals surface area (Å²) in [5.74, 6) is 5.23. The van der Waals surface area contributed by atoms with Crippen molar-refractivity contribution < 1.29 is 33.3 Å². The van der Waals surface area contributed by atoms with Gasteiger partial charge in [-0.15, -0.1) is 0 Å². The summed E-state index contributed by atoms with van der Waals surface area (Å²) in [5.41, 5.74) is -0.0756. The van der Waals surface area contributed by atoms with Crippen LogP contribution in [-0.2, 0) is 9.53 Å². The first kappa shape index (κ1) is 24.2. The lowest BCUT2D eigenvalue weighted by molar-refractivity contribution is -0.140. The van der Waals surface area contributed by atoms with Crippen molar-refractivity contribution in [2.24, 2.45) is 0 Å². The number of nitrogens with one attached hydrogen (secondary N) is 1. The number of amides is 2. The predicted molar refractivity (Wildman–Crippen MR) is 130 cm³/mol. The van der Waals surface area contributed by atoms with Crippen LogP contribution in [0.25, 0.3) is 0 Å². The summed E-state index contributed by atoms with van der Waals surface area (Å²) in [6.45, 7) is 0.217. The highest BCUT2D eigenvalue weighted by molar-refractivity contribution is 6.03. The summed E-state index contributed by atoms with van der Waals surface area (Å²) >= 11 is 0. The van der Waals surface area contributed by atoms with E-state index in [1.807, 2.05) is 0 Å². The summed E-state index contributed by atoms with van der Waals surface area (Å²) in [5, 5.41) is 12.8. The molecule has 9 nitrogen and oxygen atoms in total. The van der Waals surface area contributed by atoms with E-state index in [0.29, 0.717) is 17.0 Å². The Kier molecular flexibility index (Phi) is 6.48. The van der Waals surface area contributed by atoms with Crippen LogP contribution < -0.4 is 19.7 Å². The number of carbonyl (C=O) groups is 2. The van der Waals surface area contributed by atoms with Crippen molar-refractivity contribution >= 4 is 17.5 Å². The number of anilines is 1. The first-order chi connectivity index (χ1) is 17.8. The molecule has 37 heavy (non-hydrogen) atoms. The minimum Gasteiger partial charge on any atom is -0.489 e. The predicted octanol–water partition coefficient (Wildman–Crippen LogP) is 2.28. The molecule has 2 aliphatic rings. The van der Waals surface area contributed by atoms with Gasteiger partial charge in [0.25, 0.3) is 11.8 Å². The number of fused-ring (bicyclic) bond motifs is 1. The molecule has 3 aromatic rings. The number of carbonyl (C=O) groups excluding carboxylic acids is 2. The molecular weight excluding hydrogens is 481 g/mol. The molecule has 2 N–H and O–H groups in total. The fraction of sp³-hybridized carbons (Fsp3) is 0.222. The highest BCUT2D eigenvalue weighted by atomic mass is 19.1. The van der Waals surface area contributed by atoms with Crippen molar-refractivity contribution in [1.29, 1.82) is 0 Å². The highest BCUT2D eigenvalue weighted by Gasteiger charge is 2.34. The Morgan fingerprint density at radius 3 is 2.78 bits per heavy atom. The number of nitrogens with zero attached hydrogens (tertiary/aromatic N) is 2. The summed E-state index contributed by atoms with van der Waals surface area (Å²) in [4.78, 5) is 31.5. The van der Waals surface area contributed by atoms with Crippen molar-refractivity contribution in [3.63, 3.8) is 0 Å². The van der Waals surface area contributed by atoms with Gasteiger partial charge in [0, 0.05) is 30.9 Å². The Morgan fingerprint density at radius 1 is 1.22 bits per heavy atom. The van der Waals surface area contributed by atoms with E-state index in [-0.39, 0.29) is 37.0 Å². The largest absolute Gasteiger partial charge is 0.489 e. The quantitative estimate of drug-likeness (QED) is 0.526. The fourth-order valence-corrected chi connectivity index (χ4v) is 3.73. The van der Waals surface area contributed by atoms with Crippen LogP contribution in [0.4, 0.5) is 10.1 Å². The number of rotatable bonds is 4. The van der Waals surface area contributed by atoms with Crippen molar-refractivity contribution in [2.75, 3.05) is 31.8 Å². The average molecular weight is 503 g/mol. The topological polar surface area (TPSA) is 110 Å². The standard InChI is InChI=1S/C27H22FN3O6/c1-31-23-11-17(7-9-27(34)15-35-16-27)5-6-24(23)36-14-22(26(31)33)30-25(32)21-13-20(8-10-29-21)37-19-4-2-3-18(28)12-19/h2-6,8,10-13,22,34H,14-16H2,1H3,(H,30,32)/t22-/m1/s1. The molecule has 0 spiro atoms. The van der Waals surface area contributed by atoms with E-state index in [2.05, 4.69) is 22.1 Å². The zero-order chi connectivity index (χ0) is 26.0. The van der Waals surface area contributed by atoms with Gasteiger partial charge in [0.1, 0.15) is 41.4 Å². The second kappa shape index (κ2) is 9.89. The lowest BCUT2D eigenvalue weighted by Gasteiger charge is -2.30. The van der Waals surface area contributed by atoms with E-state index >= 15 is 0 Å². The van der Waals surface area contributed by atoms with Gasteiger partial charge in [0.05, 0.1) is 18.9 Å². The Labute approximate surface area is 211 Å². The van der Waals surface area contributed by atoms with Gasteiger partial charge in [0.15, 0.2) is 5.60 Å². The van der Waals surface area contributed by atoms with E-state index < -0.39 is 29.3 Å². The lowest BCUT2D eigenvalue weighted by atomic mass is 10.0. The Morgan fingerprint density at radius 2 is 2.03 bits per heavy atom. The molecular formula is C27H22FN3O6. The molecule has 0 unspecified atom stereocenters. The third-order valence-electron chi connectivity index (χ3n) is 5.78. The molecule has 0 aliphatic carbocycles. The van der Waals surface area contributed by atoms with Crippen LogP contribution in [0, 0.1) is 17.7 Å². The van der Waals surface area contributed by atoms with Crippen LogP contribution >= 0.6 is 0 Å². The number of aliphatic hydroxyl groups is 1. The van der Waals surface area contributed by atoms with E-state index in [9.17, 15) is 19.1 Å². The van der Waals surface area contributed by atoms with Gasteiger partial charge in [-0.05, 0) is 36.4 Å². The van der Waals surface area contributed by atoms with Gasteiger partial charge in [-0.3, -0.25) is 14.6 Å². The normalized spacial score (nSPS) is 17.8. The Balaban J connectivity index is 1.29. The number of pyridine rings is 1. The maximum absolute atomic E-state index is 13.4. The van der Waals surface area contributed by atoms with Crippen molar-refractivity contribution in [3.05, 3.63) is 77.9 Å². The number of benzene rings is 2. The van der Waals surface area contributed by atoms with Crippen molar-refractivity contribution in [3.8, 4) is 29.1 Å². The molecule has 0 radical (unpaired) electrons. The lowest BCUT2D eigenvalue weighted by Crippen LogP contribution is -2.49. The molecule has 1 fully saturated rings. The van der Waals surface area contributed by atoms with Crippen molar-refractivity contribution in [1.82, 2.24) is 10.3 Å².